The van der Waals surface area contributed by atoms with Crippen molar-refractivity contribution in [3.05, 3.63) is 0 Å². The Morgan fingerprint density at radius 1 is 1.50 bits per heavy atom. The summed E-state index contributed by atoms with van der Waals surface area (Å²) in [5.74, 6) is 0.675. The van der Waals surface area contributed by atoms with Gasteiger partial charge in [-0.25, -0.2) is 8.42 Å². The lowest BCUT2D eigenvalue weighted by molar-refractivity contribution is 0.173. The van der Waals surface area contributed by atoms with Crippen LogP contribution >= 0.6 is 11.6 Å². The molecule has 14 heavy (non-hydrogen) atoms. The van der Waals surface area contributed by atoms with Crippen LogP contribution in [-0.2, 0) is 14.6 Å². The molecule has 0 aliphatic carbocycles. The molecule has 0 fully saturated rings. The van der Waals surface area contributed by atoms with Crippen LogP contribution in [-0.4, -0.2) is 52.6 Å². The zero-order valence-corrected chi connectivity index (χ0v) is 10.2. The summed E-state index contributed by atoms with van der Waals surface area (Å²) in [6.07, 6.45) is 1.84. The van der Waals surface area contributed by atoms with Crippen LogP contribution in [0.3, 0.4) is 0 Å². The minimum absolute atomic E-state index is 0.0984. The van der Waals surface area contributed by atoms with Crippen molar-refractivity contribution >= 4 is 21.4 Å². The fourth-order valence-electron chi connectivity index (χ4n) is 1.000. The van der Waals surface area contributed by atoms with E-state index in [2.05, 4.69) is 5.32 Å². The van der Waals surface area contributed by atoms with Crippen LogP contribution in [0.2, 0.25) is 0 Å². The van der Waals surface area contributed by atoms with E-state index < -0.39 is 9.84 Å². The number of hydrogen-bond acceptors (Lipinski definition) is 4. The molecule has 0 saturated carbocycles. The molecule has 1 atom stereocenters. The Bertz CT molecular complexity index is 231. The highest BCUT2D eigenvalue weighted by Crippen LogP contribution is 1.92. The predicted octanol–water partition coefficient (Wildman–Crippen LogP) is 0.265. The van der Waals surface area contributed by atoms with Gasteiger partial charge in [-0.15, -0.1) is 11.6 Å². The summed E-state index contributed by atoms with van der Waals surface area (Å²) in [6.45, 7) is 1.19. The van der Waals surface area contributed by atoms with E-state index in [4.69, 9.17) is 16.3 Å². The second kappa shape index (κ2) is 7.45. The molecule has 1 N–H and O–H groups in total. The summed E-state index contributed by atoms with van der Waals surface area (Å²) in [4.78, 5) is 0. The van der Waals surface area contributed by atoms with Crippen molar-refractivity contribution in [2.75, 3.05) is 38.2 Å². The smallest absolute Gasteiger partial charge is 0.147 e. The van der Waals surface area contributed by atoms with Crippen LogP contribution < -0.4 is 5.32 Å². The molecule has 0 rings (SSSR count). The first-order valence-electron chi connectivity index (χ1n) is 4.45. The maximum atomic E-state index is 10.8. The number of rotatable bonds is 8. The molecule has 0 amide bonds. The third kappa shape index (κ3) is 8.74. The molecule has 0 aromatic heterocycles. The van der Waals surface area contributed by atoms with Crippen molar-refractivity contribution in [3.8, 4) is 0 Å². The molecule has 0 heterocycles. The Morgan fingerprint density at radius 2 is 2.14 bits per heavy atom. The summed E-state index contributed by atoms with van der Waals surface area (Å²) in [7, 11) is -1.24. The van der Waals surface area contributed by atoms with E-state index >= 15 is 0 Å². The standard InChI is InChI=1S/C8H18ClNO3S/c1-13-7-8(6-9)10-4-3-5-14(2,11)12/h8,10H,3-7H2,1-2H3. The van der Waals surface area contributed by atoms with Crippen molar-refractivity contribution in [1.29, 1.82) is 0 Å². The third-order valence-corrected chi connectivity index (χ3v) is 3.08. The Hall–Kier alpha value is 0.160. The molecule has 0 aliphatic heterocycles. The molecule has 1 unspecified atom stereocenters. The van der Waals surface area contributed by atoms with Crippen molar-refractivity contribution in [2.45, 2.75) is 12.5 Å². The minimum Gasteiger partial charge on any atom is -0.383 e. The second-order valence-corrected chi connectivity index (χ2v) is 5.81. The van der Waals surface area contributed by atoms with Gasteiger partial charge in [0.2, 0.25) is 0 Å². The van der Waals surface area contributed by atoms with Crippen LogP contribution in [0.1, 0.15) is 6.42 Å². The first-order valence-corrected chi connectivity index (χ1v) is 7.05. The highest BCUT2D eigenvalue weighted by Gasteiger charge is 2.06. The van der Waals surface area contributed by atoms with Crippen molar-refractivity contribution < 1.29 is 13.2 Å². The number of alkyl halides is 1. The van der Waals surface area contributed by atoms with E-state index in [0.29, 0.717) is 25.5 Å². The van der Waals surface area contributed by atoms with E-state index in [-0.39, 0.29) is 11.8 Å². The van der Waals surface area contributed by atoms with Crippen LogP contribution in [0.15, 0.2) is 0 Å². The molecule has 0 aromatic rings. The zero-order chi connectivity index (χ0) is 11.0. The average Bonchev–Trinajstić information content (AvgIpc) is 2.08. The van der Waals surface area contributed by atoms with Gasteiger partial charge in [0.05, 0.1) is 12.4 Å². The summed E-state index contributed by atoms with van der Waals surface area (Å²) >= 11 is 5.65. The molecule has 0 spiro atoms. The highest BCUT2D eigenvalue weighted by molar-refractivity contribution is 7.90. The summed E-state index contributed by atoms with van der Waals surface area (Å²) in [5, 5.41) is 3.12. The van der Waals surface area contributed by atoms with Gasteiger partial charge < -0.3 is 10.1 Å². The molecule has 86 valence electrons. The zero-order valence-electron chi connectivity index (χ0n) is 8.62. The molecular weight excluding hydrogens is 226 g/mol. The quantitative estimate of drug-likeness (QED) is 0.491. The SMILES string of the molecule is COCC(CCl)NCCCS(C)(=O)=O. The molecule has 0 radical (unpaired) electrons. The van der Waals surface area contributed by atoms with Gasteiger partial charge in [-0.3, -0.25) is 0 Å². The Kier molecular flexibility index (Phi) is 7.54. The maximum absolute atomic E-state index is 10.8. The molecule has 0 aromatic carbocycles. The Labute approximate surface area is 90.9 Å². The molecule has 0 bridgehead atoms. The summed E-state index contributed by atoms with van der Waals surface area (Å²) < 4.78 is 26.5. The van der Waals surface area contributed by atoms with Gasteiger partial charge in [0, 0.05) is 25.3 Å². The van der Waals surface area contributed by atoms with Gasteiger partial charge in [0.25, 0.3) is 0 Å². The lowest BCUT2D eigenvalue weighted by Crippen LogP contribution is -2.36. The number of sulfone groups is 1. The number of hydrogen-bond donors (Lipinski definition) is 1. The Balaban J connectivity index is 3.52. The fourth-order valence-corrected chi connectivity index (χ4v) is 1.87. The normalized spacial score (nSPS) is 14.2. The number of methoxy groups -OCH3 is 1. The number of nitrogens with one attached hydrogen (secondary N) is 1. The van der Waals surface area contributed by atoms with Gasteiger partial charge in [0.15, 0.2) is 0 Å². The fraction of sp³-hybridized carbons (Fsp3) is 1.00. The number of ether oxygens (including phenoxy) is 1. The van der Waals surface area contributed by atoms with Crippen LogP contribution in [0.5, 0.6) is 0 Å². The maximum Gasteiger partial charge on any atom is 0.147 e. The van der Waals surface area contributed by atoms with Gasteiger partial charge in [-0.1, -0.05) is 0 Å². The first-order chi connectivity index (χ1) is 6.49. The van der Waals surface area contributed by atoms with E-state index in [9.17, 15) is 8.42 Å². The highest BCUT2D eigenvalue weighted by atomic mass is 35.5. The van der Waals surface area contributed by atoms with Crippen LogP contribution in [0, 0.1) is 0 Å². The van der Waals surface area contributed by atoms with Crippen molar-refractivity contribution in [1.82, 2.24) is 5.32 Å². The second-order valence-electron chi connectivity index (χ2n) is 3.24. The monoisotopic (exact) mass is 243 g/mol. The Morgan fingerprint density at radius 3 is 2.57 bits per heavy atom. The molecule has 0 saturated heterocycles. The van der Waals surface area contributed by atoms with Gasteiger partial charge in [-0.05, 0) is 13.0 Å². The third-order valence-electron chi connectivity index (χ3n) is 1.68. The van der Waals surface area contributed by atoms with E-state index in [0.717, 1.165) is 0 Å². The van der Waals surface area contributed by atoms with Crippen LogP contribution in [0.25, 0.3) is 0 Å². The number of halogens is 1. The summed E-state index contributed by atoms with van der Waals surface area (Å²) in [5.41, 5.74) is 0. The largest absolute Gasteiger partial charge is 0.383 e. The topological polar surface area (TPSA) is 55.4 Å². The molecule has 4 nitrogen and oxygen atoms in total. The predicted molar refractivity (Wildman–Crippen MR) is 58.7 cm³/mol. The summed E-state index contributed by atoms with van der Waals surface area (Å²) in [6, 6.07) is 0.0984. The van der Waals surface area contributed by atoms with Crippen molar-refractivity contribution in [3.63, 3.8) is 0 Å². The molecule has 6 heteroatoms. The molecule has 0 aliphatic rings. The lowest BCUT2D eigenvalue weighted by Gasteiger charge is -2.14. The van der Waals surface area contributed by atoms with Gasteiger partial charge in [-0.2, -0.15) is 0 Å². The van der Waals surface area contributed by atoms with Gasteiger partial charge >= 0.3 is 0 Å². The first kappa shape index (κ1) is 14.2. The van der Waals surface area contributed by atoms with E-state index in [1.165, 1.54) is 6.26 Å². The van der Waals surface area contributed by atoms with Crippen LogP contribution in [0.4, 0.5) is 0 Å². The average molecular weight is 244 g/mol. The van der Waals surface area contributed by atoms with E-state index in [1.807, 2.05) is 0 Å². The van der Waals surface area contributed by atoms with Gasteiger partial charge in [0.1, 0.15) is 9.84 Å². The van der Waals surface area contributed by atoms with Crippen molar-refractivity contribution in [2.24, 2.45) is 0 Å². The molecular formula is C8H18ClNO3S. The minimum atomic E-state index is -2.85. The lowest BCUT2D eigenvalue weighted by atomic mass is 10.3. The van der Waals surface area contributed by atoms with E-state index in [1.54, 1.807) is 7.11 Å².